The molecule has 1 N–H and O–H groups in total. The molecular formula is C25H23F2N7O3S. The number of halogens is 2. The van der Waals surface area contributed by atoms with E-state index in [4.69, 9.17) is 0 Å². The molecule has 0 bridgehead atoms. The number of nitriles is 1. The Balaban J connectivity index is 1.57. The SMILES string of the molecule is Cn1nc(-c2c(C#N)cc(F)c(O)c2F)c2cnc(N3CCN(S(C)(=O)=O)C[C@H]3Cc3ccccc3)nc21. The van der Waals surface area contributed by atoms with Gasteiger partial charge >= 0.3 is 0 Å². The van der Waals surface area contributed by atoms with Crippen LogP contribution in [-0.2, 0) is 23.5 Å². The largest absolute Gasteiger partial charge is 0.503 e. The number of nitrogens with zero attached hydrogens (tertiary/aromatic N) is 7. The van der Waals surface area contributed by atoms with Gasteiger partial charge in [-0.3, -0.25) is 0 Å². The van der Waals surface area contributed by atoms with E-state index in [1.807, 2.05) is 35.2 Å². The lowest BCUT2D eigenvalue weighted by Crippen LogP contribution is -2.56. The number of phenols is 1. The Kier molecular flexibility index (Phi) is 6.46. The summed E-state index contributed by atoms with van der Waals surface area (Å²) in [6.07, 6.45) is 3.17. The van der Waals surface area contributed by atoms with Crippen molar-refractivity contribution in [1.82, 2.24) is 24.1 Å². The van der Waals surface area contributed by atoms with Crippen molar-refractivity contribution < 1.29 is 22.3 Å². The number of anilines is 1. The van der Waals surface area contributed by atoms with Crippen LogP contribution >= 0.6 is 0 Å². The summed E-state index contributed by atoms with van der Waals surface area (Å²) >= 11 is 0. The Morgan fingerprint density at radius 2 is 1.95 bits per heavy atom. The molecule has 1 saturated heterocycles. The molecule has 38 heavy (non-hydrogen) atoms. The summed E-state index contributed by atoms with van der Waals surface area (Å²) in [5.41, 5.74) is 0.651. The highest BCUT2D eigenvalue weighted by Crippen LogP contribution is 2.37. The van der Waals surface area contributed by atoms with Crippen LogP contribution in [0, 0.1) is 23.0 Å². The highest BCUT2D eigenvalue weighted by atomic mass is 32.2. The molecule has 196 valence electrons. The standard InChI is InChI=1S/C25H23F2N7O3S/c1-32-24-18(22(31-32)20-16(12-28)11-19(26)23(35)21(20)27)13-29-25(30-24)34-9-8-33(38(2,36)37)14-17(34)10-15-6-4-3-5-7-15/h3-7,11,13,17,35H,8-10,14H2,1-2H3/t17-/m1/s1. The summed E-state index contributed by atoms with van der Waals surface area (Å²) in [6, 6.07) is 11.9. The fraction of sp³-hybridized carbons (Fsp3) is 0.280. The minimum absolute atomic E-state index is 0.0128. The number of hydrogen-bond acceptors (Lipinski definition) is 8. The third-order valence-electron chi connectivity index (χ3n) is 6.60. The highest BCUT2D eigenvalue weighted by molar-refractivity contribution is 7.88. The molecule has 3 heterocycles. The van der Waals surface area contributed by atoms with Crippen molar-refractivity contribution in [1.29, 1.82) is 5.26 Å². The molecule has 10 nitrogen and oxygen atoms in total. The van der Waals surface area contributed by atoms with Gasteiger partial charge in [0.15, 0.2) is 23.0 Å². The van der Waals surface area contributed by atoms with Gasteiger partial charge in [-0.25, -0.2) is 26.9 Å². The zero-order valence-corrected chi connectivity index (χ0v) is 21.3. The van der Waals surface area contributed by atoms with Gasteiger partial charge in [-0.1, -0.05) is 30.3 Å². The van der Waals surface area contributed by atoms with E-state index in [0.717, 1.165) is 11.6 Å². The first kappa shape index (κ1) is 25.5. The zero-order chi connectivity index (χ0) is 27.2. The van der Waals surface area contributed by atoms with Crippen molar-refractivity contribution in [2.45, 2.75) is 12.5 Å². The minimum atomic E-state index is -3.40. The van der Waals surface area contributed by atoms with E-state index in [2.05, 4.69) is 15.1 Å². The van der Waals surface area contributed by atoms with Crippen LogP contribution in [0.5, 0.6) is 5.75 Å². The number of sulfonamides is 1. The second-order valence-electron chi connectivity index (χ2n) is 9.09. The molecule has 1 aliphatic heterocycles. The number of piperazine rings is 1. The second-order valence-corrected chi connectivity index (χ2v) is 11.1. The predicted octanol–water partition coefficient (Wildman–Crippen LogP) is 2.58. The van der Waals surface area contributed by atoms with Gasteiger partial charge in [0, 0.05) is 38.9 Å². The summed E-state index contributed by atoms with van der Waals surface area (Å²) in [5.74, 6) is -3.42. The van der Waals surface area contributed by atoms with Crippen LogP contribution < -0.4 is 4.90 Å². The Morgan fingerprint density at radius 1 is 1.21 bits per heavy atom. The first-order valence-electron chi connectivity index (χ1n) is 11.7. The summed E-state index contributed by atoms with van der Waals surface area (Å²) in [5, 5.41) is 23.9. The van der Waals surface area contributed by atoms with Crippen molar-refractivity contribution >= 4 is 27.0 Å². The lowest BCUT2D eigenvalue weighted by molar-refractivity contribution is 0.330. The Labute approximate surface area is 217 Å². The maximum Gasteiger partial charge on any atom is 0.227 e. The highest BCUT2D eigenvalue weighted by Gasteiger charge is 2.33. The number of hydrogen-bond donors (Lipinski definition) is 1. The van der Waals surface area contributed by atoms with Crippen LogP contribution in [0.2, 0.25) is 0 Å². The molecule has 0 amide bonds. The summed E-state index contributed by atoms with van der Waals surface area (Å²) < 4.78 is 56.1. The molecular weight excluding hydrogens is 516 g/mol. The van der Waals surface area contributed by atoms with Crippen LogP contribution in [-0.4, -0.2) is 69.5 Å². The van der Waals surface area contributed by atoms with E-state index in [-0.39, 0.29) is 36.0 Å². The van der Waals surface area contributed by atoms with Crippen LogP contribution in [0.3, 0.4) is 0 Å². The van der Waals surface area contributed by atoms with Gasteiger partial charge in [0.2, 0.25) is 16.0 Å². The van der Waals surface area contributed by atoms with Gasteiger partial charge in [-0.15, -0.1) is 0 Å². The van der Waals surface area contributed by atoms with Gasteiger partial charge in [-0.05, 0) is 18.1 Å². The van der Waals surface area contributed by atoms with E-state index in [0.29, 0.717) is 29.9 Å². The minimum Gasteiger partial charge on any atom is -0.503 e. The van der Waals surface area contributed by atoms with E-state index in [1.54, 1.807) is 13.1 Å². The van der Waals surface area contributed by atoms with E-state index < -0.39 is 27.4 Å². The molecule has 0 radical (unpaired) electrons. The van der Waals surface area contributed by atoms with Crippen molar-refractivity contribution in [3.63, 3.8) is 0 Å². The number of aryl methyl sites for hydroxylation is 1. The quantitative estimate of drug-likeness (QED) is 0.410. The second kappa shape index (κ2) is 9.62. The first-order valence-corrected chi connectivity index (χ1v) is 13.5. The van der Waals surface area contributed by atoms with Crippen LogP contribution in [0.1, 0.15) is 11.1 Å². The lowest BCUT2D eigenvalue weighted by Gasteiger charge is -2.40. The Hall–Kier alpha value is -4.15. The molecule has 1 atom stereocenters. The summed E-state index contributed by atoms with van der Waals surface area (Å²) in [4.78, 5) is 11.1. The monoisotopic (exact) mass is 539 g/mol. The summed E-state index contributed by atoms with van der Waals surface area (Å²) in [7, 11) is -1.82. The molecule has 2 aromatic carbocycles. The summed E-state index contributed by atoms with van der Waals surface area (Å²) in [6.45, 7) is 0.852. The molecule has 5 rings (SSSR count). The molecule has 4 aromatic rings. The van der Waals surface area contributed by atoms with Gasteiger partial charge < -0.3 is 10.0 Å². The molecule has 1 aliphatic rings. The number of benzene rings is 2. The average Bonchev–Trinajstić information content (AvgIpc) is 3.22. The van der Waals surface area contributed by atoms with Crippen LogP contribution in [0.15, 0.2) is 42.6 Å². The molecule has 13 heteroatoms. The molecule has 0 aliphatic carbocycles. The predicted molar refractivity (Wildman–Crippen MR) is 136 cm³/mol. The number of rotatable bonds is 5. The number of phenolic OH excluding ortho intramolecular Hbond substituents is 1. The lowest BCUT2D eigenvalue weighted by atomic mass is 10.0. The van der Waals surface area contributed by atoms with E-state index in [1.165, 1.54) is 21.4 Å². The van der Waals surface area contributed by atoms with Crippen molar-refractivity contribution in [2.75, 3.05) is 30.8 Å². The van der Waals surface area contributed by atoms with Gasteiger partial charge in [-0.2, -0.15) is 19.6 Å². The van der Waals surface area contributed by atoms with Gasteiger partial charge in [0.05, 0.1) is 22.8 Å². The normalized spacial score (nSPS) is 16.6. The fourth-order valence-corrected chi connectivity index (χ4v) is 5.59. The molecule has 0 unspecified atom stereocenters. The van der Waals surface area contributed by atoms with Crippen LogP contribution in [0.25, 0.3) is 22.3 Å². The fourth-order valence-electron chi connectivity index (χ4n) is 4.73. The van der Waals surface area contributed by atoms with Gasteiger partial charge in [0.1, 0.15) is 11.8 Å². The molecule has 0 saturated carbocycles. The topological polar surface area (TPSA) is 128 Å². The zero-order valence-electron chi connectivity index (χ0n) is 20.5. The van der Waals surface area contributed by atoms with E-state index >= 15 is 0 Å². The maximum absolute atomic E-state index is 14.9. The van der Waals surface area contributed by atoms with Crippen molar-refractivity contribution in [2.24, 2.45) is 7.05 Å². The van der Waals surface area contributed by atoms with Crippen molar-refractivity contribution in [3.8, 4) is 23.1 Å². The van der Waals surface area contributed by atoms with Gasteiger partial charge in [0.25, 0.3) is 0 Å². The molecule has 0 spiro atoms. The maximum atomic E-state index is 14.9. The number of fused-ring (bicyclic) bond motifs is 1. The third-order valence-corrected chi connectivity index (χ3v) is 7.87. The van der Waals surface area contributed by atoms with E-state index in [9.17, 15) is 27.6 Å². The average molecular weight is 540 g/mol. The number of aromatic hydroxyl groups is 1. The Morgan fingerprint density at radius 3 is 2.63 bits per heavy atom. The van der Waals surface area contributed by atoms with Crippen molar-refractivity contribution in [3.05, 3.63) is 65.4 Å². The first-order chi connectivity index (χ1) is 18.1. The molecule has 2 aromatic heterocycles. The number of aromatic nitrogens is 4. The molecule has 1 fully saturated rings. The van der Waals surface area contributed by atoms with Crippen LogP contribution in [0.4, 0.5) is 14.7 Å². The third kappa shape index (κ3) is 4.52. The Bertz CT molecular complexity index is 1690. The smallest absolute Gasteiger partial charge is 0.227 e.